The monoisotopic (exact) mass is 356 g/mol. The van der Waals surface area contributed by atoms with Gasteiger partial charge in [0.2, 0.25) is 0 Å². The fraction of sp³-hybridized carbons (Fsp3) is 0.263. The molecule has 0 spiro atoms. The fourth-order valence-electron chi connectivity index (χ4n) is 2.25. The third kappa shape index (κ3) is 5.26. The molecule has 130 valence electrons. The average Bonchev–Trinajstić information content (AvgIpc) is 3.44. The molecule has 0 aliphatic heterocycles. The van der Waals surface area contributed by atoms with E-state index in [0.29, 0.717) is 23.0 Å². The van der Waals surface area contributed by atoms with E-state index in [1.165, 1.54) is 0 Å². The van der Waals surface area contributed by atoms with Crippen LogP contribution in [-0.2, 0) is 4.79 Å². The topological polar surface area (TPSA) is 67.4 Å². The first-order valence-electron chi connectivity index (χ1n) is 8.11. The van der Waals surface area contributed by atoms with Gasteiger partial charge < -0.3 is 15.4 Å². The summed E-state index contributed by atoms with van der Waals surface area (Å²) >= 11 is 1.65. The summed E-state index contributed by atoms with van der Waals surface area (Å²) in [7, 11) is 0. The van der Waals surface area contributed by atoms with Crippen LogP contribution in [0.15, 0.2) is 53.4 Å². The van der Waals surface area contributed by atoms with E-state index < -0.39 is 0 Å². The maximum atomic E-state index is 12.0. The zero-order valence-corrected chi connectivity index (χ0v) is 14.8. The van der Waals surface area contributed by atoms with Gasteiger partial charge in [0, 0.05) is 22.2 Å². The Kier molecular flexibility index (Phi) is 5.60. The molecule has 2 amide bonds. The Morgan fingerprint density at radius 3 is 2.60 bits per heavy atom. The van der Waals surface area contributed by atoms with Gasteiger partial charge in [0.1, 0.15) is 5.75 Å². The second-order valence-electron chi connectivity index (χ2n) is 5.84. The van der Waals surface area contributed by atoms with Crippen LogP contribution in [0.2, 0.25) is 0 Å². The van der Waals surface area contributed by atoms with Crippen LogP contribution < -0.4 is 15.4 Å². The lowest BCUT2D eigenvalue weighted by Crippen LogP contribution is -2.25. The minimum atomic E-state index is -0.270. The van der Waals surface area contributed by atoms with Gasteiger partial charge in [-0.15, -0.1) is 11.8 Å². The van der Waals surface area contributed by atoms with Crippen LogP contribution in [0.3, 0.4) is 0 Å². The van der Waals surface area contributed by atoms with Crippen LogP contribution in [0.4, 0.5) is 5.69 Å². The lowest BCUT2D eigenvalue weighted by Gasteiger charge is -2.09. The van der Waals surface area contributed by atoms with Crippen molar-refractivity contribution in [3.05, 3.63) is 54.1 Å². The molecule has 0 heterocycles. The molecule has 1 saturated carbocycles. The first-order chi connectivity index (χ1) is 12.1. The molecular weight excluding hydrogens is 336 g/mol. The van der Waals surface area contributed by atoms with Gasteiger partial charge >= 0.3 is 0 Å². The van der Waals surface area contributed by atoms with E-state index in [1.54, 1.807) is 36.0 Å². The summed E-state index contributed by atoms with van der Waals surface area (Å²) in [6, 6.07) is 14.8. The van der Waals surface area contributed by atoms with Gasteiger partial charge in [-0.1, -0.05) is 6.07 Å². The lowest BCUT2D eigenvalue weighted by atomic mass is 10.2. The highest BCUT2D eigenvalue weighted by molar-refractivity contribution is 7.98. The number of amides is 2. The van der Waals surface area contributed by atoms with Crippen molar-refractivity contribution < 1.29 is 14.3 Å². The van der Waals surface area contributed by atoms with Crippen LogP contribution in [-0.4, -0.2) is 30.7 Å². The van der Waals surface area contributed by atoms with E-state index >= 15 is 0 Å². The van der Waals surface area contributed by atoms with Crippen molar-refractivity contribution in [3.63, 3.8) is 0 Å². The highest BCUT2D eigenvalue weighted by Crippen LogP contribution is 2.20. The summed E-state index contributed by atoms with van der Waals surface area (Å²) < 4.78 is 5.48. The minimum absolute atomic E-state index is 0.0862. The SMILES string of the molecule is CSc1ccc(OCC(=O)Nc2cccc(C(=O)NC3CC3)c2)cc1. The Labute approximate surface area is 151 Å². The molecule has 0 bridgehead atoms. The second-order valence-corrected chi connectivity index (χ2v) is 6.72. The summed E-state index contributed by atoms with van der Waals surface area (Å²) in [4.78, 5) is 25.2. The molecule has 0 aromatic heterocycles. The van der Waals surface area contributed by atoms with Crippen molar-refractivity contribution in [2.45, 2.75) is 23.8 Å². The Bertz CT molecular complexity index is 758. The zero-order chi connectivity index (χ0) is 17.6. The Morgan fingerprint density at radius 2 is 1.92 bits per heavy atom. The number of carbonyl (C=O) groups is 2. The molecule has 0 unspecified atom stereocenters. The molecule has 2 aromatic rings. The number of thioether (sulfide) groups is 1. The van der Waals surface area contributed by atoms with E-state index in [2.05, 4.69) is 10.6 Å². The van der Waals surface area contributed by atoms with Crippen molar-refractivity contribution in [1.82, 2.24) is 5.32 Å². The summed E-state index contributed by atoms with van der Waals surface area (Å²) in [6.45, 7) is -0.0862. The lowest BCUT2D eigenvalue weighted by molar-refractivity contribution is -0.118. The van der Waals surface area contributed by atoms with Crippen molar-refractivity contribution in [2.24, 2.45) is 0 Å². The van der Waals surface area contributed by atoms with E-state index in [0.717, 1.165) is 17.7 Å². The molecule has 5 nitrogen and oxygen atoms in total. The Morgan fingerprint density at radius 1 is 1.16 bits per heavy atom. The molecule has 0 radical (unpaired) electrons. The average molecular weight is 356 g/mol. The third-order valence-corrected chi connectivity index (χ3v) is 4.49. The van der Waals surface area contributed by atoms with Crippen LogP contribution in [0.25, 0.3) is 0 Å². The van der Waals surface area contributed by atoms with Gasteiger partial charge in [-0.25, -0.2) is 0 Å². The van der Waals surface area contributed by atoms with E-state index in [4.69, 9.17) is 4.74 Å². The van der Waals surface area contributed by atoms with Crippen molar-refractivity contribution >= 4 is 29.3 Å². The quantitative estimate of drug-likeness (QED) is 0.747. The van der Waals surface area contributed by atoms with E-state index in [9.17, 15) is 9.59 Å². The highest BCUT2D eigenvalue weighted by atomic mass is 32.2. The van der Waals surface area contributed by atoms with Crippen LogP contribution in [0, 0.1) is 0 Å². The molecule has 1 aliphatic carbocycles. The van der Waals surface area contributed by atoms with Crippen LogP contribution in [0.1, 0.15) is 23.2 Å². The number of nitrogens with one attached hydrogen (secondary N) is 2. The Hall–Kier alpha value is -2.47. The molecule has 0 saturated heterocycles. The number of anilines is 1. The number of hydrogen-bond acceptors (Lipinski definition) is 4. The number of rotatable bonds is 7. The summed E-state index contributed by atoms with van der Waals surface area (Å²) in [6.07, 6.45) is 4.08. The number of carbonyl (C=O) groups excluding carboxylic acids is 2. The van der Waals surface area contributed by atoms with Crippen molar-refractivity contribution in [3.8, 4) is 5.75 Å². The van der Waals surface area contributed by atoms with Crippen LogP contribution >= 0.6 is 11.8 Å². The van der Waals surface area contributed by atoms with E-state index in [-0.39, 0.29) is 18.4 Å². The number of benzene rings is 2. The van der Waals surface area contributed by atoms with Gasteiger partial charge in [0.25, 0.3) is 11.8 Å². The zero-order valence-electron chi connectivity index (χ0n) is 14.0. The largest absolute Gasteiger partial charge is 0.484 e. The predicted molar refractivity (Wildman–Crippen MR) is 99.3 cm³/mol. The molecule has 3 rings (SSSR count). The van der Waals surface area contributed by atoms with Crippen molar-refractivity contribution in [1.29, 1.82) is 0 Å². The van der Waals surface area contributed by atoms with Gasteiger partial charge in [0.15, 0.2) is 6.61 Å². The molecule has 6 heteroatoms. The first-order valence-corrected chi connectivity index (χ1v) is 9.34. The number of ether oxygens (including phenoxy) is 1. The minimum Gasteiger partial charge on any atom is -0.484 e. The summed E-state index contributed by atoms with van der Waals surface area (Å²) in [5.41, 5.74) is 1.12. The maximum absolute atomic E-state index is 12.0. The molecule has 1 aliphatic rings. The van der Waals surface area contributed by atoms with Gasteiger partial charge in [0.05, 0.1) is 0 Å². The van der Waals surface area contributed by atoms with Crippen LogP contribution in [0.5, 0.6) is 5.75 Å². The summed E-state index contributed by atoms with van der Waals surface area (Å²) in [5.74, 6) is 0.267. The smallest absolute Gasteiger partial charge is 0.262 e. The molecule has 2 aromatic carbocycles. The van der Waals surface area contributed by atoms with E-state index in [1.807, 2.05) is 30.5 Å². The summed E-state index contributed by atoms with van der Waals surface area (Å²) in [5, 5.41) is 5.68. The standard InChI is InChI=1S/C19H20N2O3S/c1-25-17-9-7-16(8-10-17)24-12-18(22)20-15-4-2-3-13(11-15)19(23)21-14-5-6-14/h2-4,7-11,14H,5-6,12H2,1H3,(H,20,22)(H,21,23). The molecule has 1 fully saturated rings. The second kappa shape index (κ2) is 8.07. The first kappa shape index (κ1) is 17.4. The highest BCUT2D eigenvalue weighted by Gasteiger charge is 2.23. The van der Waals surface area contributed by atoms with Gasteiger partial charge in [-0.05, 0) is 61.6 Å². The molecule has 25 heavy (non-hydrogen) atoms. The maximum Gasteiger partial charge on any atom is 0.262 e. The normalized spacial score (nSPS) is 13.2. The van der Waals surface area contributed by atoms with Gasteiger partial charge in [-0.3, -0.25) is 9.59 Å². The number of hydrogen-bond donors (Lipinski definition) is 2. The molecule has 2 N–H and O–H groups in total. The predicted octanol–water partition coefficient (Wildman–Crippen LogP) is 3.32. The molecular formula is C19H20N2O3S. The Balaban J connectivity index is 1.52. The fourth-order valence-corrected chi connectivity index (χ4v) is 2.66. The molecule has 0 atom stereocenters. The van der Waals surface area contributed by atoms with Gasteiger partial charge in [-0.2, -0.15) is 0 Å². The van der Waals surface area contributed by atoms with Crippen molar-refractivity contribution in [2.75, 3.05) is 18.2 Å². The third-order valence-electron chi connectivity index (χ3n) is 3.75.